The summed E-state index contributed by atoms with van der Waals surface area (Å²) in [7, 11) is 0.0169. The number of carbonyl (C=O) groups excluding carboxylic acids is 1. The summed E-state index contributed by atoms with van der Waals surface area (Å²) in [5, 5.41) is 9.57. The molecule has 0 unspecified atom stereocenters. The molecule has 170 valence electrons. The zero-order valence-corrected chi connectivity index (χ0v) is 20.1. The third-order valence-corrected chi connectivity index (χ3v) is 8.01. The molecular formula is C22H26ClN5O3S. The van der Waals surface area contributed by atoms with Gasteiger partial charge in [-0.05, 0) is 37.6 Å². The van der Waals surface area contributed by atoms with Crippen molar-refractivity contribution < 1.29 is 13.2 Å². The molecule has 0 spiro atoms. The highest BCUT2D eigenvalue weighted by molar-refractivity contribution is 7.89. The van der Waals surface area contributed by atoms with Crippen LogP contribution in [0.5, 0.6) is 0 Å². The molecule has 1 aromatic carbocycles. The average molecular weight is 476 g/mol. The minimum absolute atomic E-state index is 0.189. The Morgan fingerprint density at radius 1 is 1.16 bits per heavy atom. The lowest BCUT2D eigenvalue weighted by atomic mass is 10.0. The number of halogens is 1. The van der Waals surface area contributed by atoms with E-state index in [9.17, 15) is 18.5 Å². The van der Waals surface area contributed by atoms with Crippen molar-refractivity contribution >= 4 is 33.3 Å². The highest BCUT2D eigenvalue weighted by Crippen LogP contribution is 2.29. The van der Waals surface area contributed by atoms with Gasteiger partial charge >= 0.3 is 0 Å². The van der Waals surface area contributed by atoms with Crippen molar-refractivity contribution in [3.8, 4) is 17.2 Å². The summed E-state index contributed by atoms with van der Waals surface area (Å²) in [5.41, 5.74) is 2.25. The molecule has 0 bridgehead atoms. The lowest BCUT2D eigenvalue weighted by Gasteiger charge is -2.35. The first-order valence-electron chi connectivity index (χ1n) is 10.2. The quantitative estimate of drug-likeness (QED) is 0.659. The number of rotatable bonds is 5. The first kappa shape index (κ1) is 24.0. The van der Waals surface area contributed by atoms with Crippen LogP contribution in [0.1, 0.15) is 29.8 Å². The Morgan fingerprint density at radius 2 is 1.81 bits per heavy atom. The van der Waals surface area contributed by atoms with E-state index in [1.54, 1.807) is 58.4 Å². The molecule has 2 heterocycles. The summed E-state index contributed by atoms with van der Waals surface area (Å²) in [5.74, 6) is 0.342. The van der Waals surface area contributed by atoms with Crippen LogP contribution in [0, 0.1) is 11.3 Å². The van der Waals surface area contributed by atoms with Crippen molar-refractivity contribution in [3.63, 3.8) is 0 Å². The third kappa shape index (κ3) is 4.72. The molecule has 0 radical (unpaired) electrons. The highest BCUT2D eigenvalue weighted by Gasteiger charge is 2.30. The summed E-state index contributed by atoms with van der Waals surface area (Å²) < 4.78 is 26.3. The largest absolute Gasteiger partial charge is 0.353 e. The number of nitrogens with zero attached hydrogens (tertiary/aromatic N) is 5. The maximum absolute atomic E-state index is 12.4. The fourth-order valence-electron chi connectivity index (χ4n) is 3.51. The van der Waals surface area contributed by atoms with E-state index in [4.69, 9.17) is 11.6 Å². The maximum atomic E-state index is 12.4. The van der Waals surface area contributed by atoms with Gasteiger partial charge in [0.2, 0.25) is 10.0 Å². The summed E-state index contributed by atoms with van der Waals surface area (Å²) in [4.78, 5) is 20.1. The molecule has 1 aromatic heterocycles. The van der Waals surface area contributed by atoms with E-state index in [2.05, 4.69) is 11.1 Å². The van der Waals surface area contributed by atoms with E-state index in [1.165, 1.54) is 9.21 Å². The SMILES string of the molecule is CC(C)S(=O)(=O)N1CCN(c2ncc(-c3ccc(C(=O)N(C)C)c(Cl)c3)cc2C#N)CC1. The molecule has 0 saturated carbocycles. The second-order valence-electron chi connectivity index (χ2n) is 8.08. The number of pyridine rings is 1. The molecule has 0 N–H and O–H groups in total. The molecule has 8 nitrogen and oxygen atoms in total. The summed E-state index contributed by atoms with van der Waals surface area (Å²) in [6.07, 6.45) is 1.66. The van der Waals surface area contributed by atoms with Gasteiger partial charge in [-0.15, -0.1) is 0 Å². The normalized spacial score (nSPS) is 15.0. The Kier molecular flexibility index (Phi) is 7.08. The second kappa shape index (κ2) is 9.45. The van der Waals surface area contributed by atoms with Gasteiger partial charge in [-0.3, -0.25) is 4.79 Å². The van der Waals surface area contributed by atoms with Crippen LogP contribution < -0.4 is 4.90 Å². The number of nitriles is 1. The predicted octanol–water partition coefficient (Wildman–Crippen LogP) is 2.84. The number of hydrogen-bond acceptors (Lipinski definition) is 6. The molecule has 10 heteroatoms. The van der Waals surface area contributed by atoms with E-state index in [-0.39, 0.29) is 5.91 Å². The molecule has 32 heavy (non-hydrogen) atoms. The first-order chi connectivity index (χ1) is 15.1. The monoisotopic (exact) mass is 475 g/mol. The molecule has 0 atom stereocenters. The molecule has 1 aliphatic rings. The van der Waals surface area contributed by atoms with Crippen LogP contribution in [0.15, 0.2) is 30.5 Å². The predicted molar refractivity (Wildman–Crippen MR) is 125 cm³/mol. The van der Waals surface area contributed by atoms with Gasteiger partial charge in [0.15, 0.2) is 0 Å². The summed E-state index contributed by atoms with van der Waals surface area (Å²) in [6.45, 7) is 4.97. The van der Waals surface area contributed by atoms with Crippen LogP contribution in [0.2, 0.25) is 5.02 Å². The average Bonchev–Trinajstić information content (AvgIpc) is 2.78. The molecule has 3 rings (SSSR count). The number of amides is 1. The van der Waals surface area contributed by atoms with Crippen molar-refractivity contribution in [1.29, 1.82) is 5.26 Å². The van der Waals surface area contributed by atoms with Gasteiger partial charge in [0, 0.05) is 52.0 Å². The number of aromatic nitrogens is 1. The van der Waals surface area contributed by atoms with E-state index >= 15 is 0 Å². The lowest BCUT2D eigenvalue weighted by Crippen LogP contribution is -2.50. The number of piperazine rings is 1. The zero-order valence-electron chi connectivity index (χ0n) is 18.5. The molecule has 1 aliphatic heterocycles. The van der Waals surface area contributed by atoms with Crippen molar-refractivity contribution in [2.75, 3.05) is 45.2 Å². The number of hydrogen-bond donors (Lipinski definition) is 0. The number of sulfonamides is 1. The molecule has 1 amide bonds. The fourth-order valence-corrected chi connectivity index (χ4v) is 5.04. The minimum atomic E-state index is -3.30. The van der Waals surface area contributed by atoms with Crippen LogP contribution in [-0.2, 0) is 10.0 Å². The van der Waals surface area contributed by atoms with Crippen molar-refractivity contribution in [3.05, 3.63) is 46.6 Å². The van der Waals surface area contributed by atoms with Crippen LogP contribution >= 0.6 is 11.6 Å². The number of carbonyl (C=O) groups is 1. The topological polar surface area (TPSA) is 97.6 Å². The number of anilines is 1. The standard InChI is InChI=1S/C22H26ClN5O3S/c1-15(2)32(30,31)28-9-7-27(8-10-28)21-17(13-24)11-18(14-25-21)16-5-6-19(20(23)12-16)22(29)26(3)4/h5-6,11-12,14-15H,7-10H2,1-4H3. The fraction of sp³-hybridized carbons (Fsp3) is 0.409. The zero-order chi connectivity index (χ0) is 23.6. The summed E-state index contributed by atoms with van der Waals surface area (Å²) >= 11 is 6.32. The van der Waals surface area contributed by atoms with Gasteiger partial charge < -0.3 is 9.80 Å². The Bertz CT molecular complexity index is 1170. The highest BCUT2D eigenvalue weighted by atomic mass is 35.5. The van der Waals surface area contributed by atoms with Crippen LogP contribution in [-0.4, -0.2) is 74.0 Å². The van der Waals surface area contributed by atoms with Crippen molar-refractivity contribution in [2.24, 2.45) is 0 Å². The van der Waals surface area contributed by atoms with Gasteiger partial charge in [-0.2, -0.15) is 9.57 Å². The first-order valence-corrected chi connectivity index (χ1v) is 12.1. The molecule has 1 fully saturated rings. The molecule has 0 aliphatic carbocycles. The molecule has 2 aromatic rings. The smallest absolute Gasteiger partial charge is 0.254 e. The van der Waals surface area contributed by atoms with Crippen molar-refractivity contribution in [1.82, 2.24) is 14.2 Å². The van der Waals surface area contributed by atoms with Gasteiger partial charge in [-0.1, -0.05) is 17.7 Å². The van der Waals surface area contributed by atoms with E-state index in [0.717, 1.165) is 5.56 Å². The molecule has 1 saturated heterocycles. The Labute approximate surface area is 194 Å². The Balaban J connectivity index is 1.83. The van der Waals surface area contributed by atoms with E-state index in [0.29, 0.717) is 53.7 Å². The van der Waals surface area contributed by atoms with Gasteiger partial charge in [0.1, 0.15) is 11.9 Å². The van der Waals surface area contributed by atoms with Crippen molar-refractivity contribution in [2.45, 2.75) is 19.1 Å². The Hall–Kier alpha value is -2.67. The van der Waals surface area contributed by atoms with Crippen LogP contribution in [0.3, 0.4) is 0 Å². The lowest BCUT2D eigenvalue weighted by molar-refractivity contribution is 0.0828. The van der Waals surface area contributed by atoms with Crippen LogP contribution in [0.4, 0.5) is 5.82 Å². The van der Waals surface area contributed by atoms with Gasteiger partial charge in [0.05, 0.1) is 21.4 Å². The second-order valence-corrected chi connectivity index (χ2v) is 11.0. The van der Waals surface area contributed by atoms with E-state index < -0.39 is 15.3 Å². The van der Waals surface area contributed by atoms with Gasteiger partial charge in [0.25, 0.3) is 5.91 Å². The van der Waals surface area contributed by atoms with E-state index in [1.807, 2.05) is 4.90 Å². The Morgan fingerprint density at radius 3 is 2.34 bits per heavy atom. The molecular weight excluding hydrogens is 450 g/mol. The van der Waals surface area contributed by atoms with Gasteiger partial charge in [-0.25, -0.2) is 13.4 Å². The third-order valence-electron chi connectivity index (χ3n) is 5.42. The minimum Gasteiger partial charge on any atom is -0.353 e. The maximum Gasteiger partial charge on any atom is 0.254 e. The number of benzene rings is 1. The summed E-state index contributed by atoms with van der Waals surface area (Å²) in [6, 6.07) is 9.05. The van der Waals surface area contributed by atoms with Crippen LogP contribution in [0.25, 0.3) is 11.1 Å².